The second-order valence-corrected chi connectivity index (χ2v) is 7.20. The molecule has 1 aromatic carbocycles. The fraction of sp³-hybridized carbons (Fsp3) is 0.389. The van der Waals surface area contributed by atoms with E-state index in [4.69, 9.17) is 4.74 Å². The van der Waals surface area contributed by atoms with E-state index in [1.165, 1.54) is 6.20 Å². The number of carbonyl (C=O) groups is 1. The van der Waals surface area contributed by atoms with E-state index in [1.54, 1.807) is 0 Å². The average molecular weight is 437 g/mol. The van der Waals surface area contributed by atoms with Crippen molar-refractivity contribution in [2.24, 2.45) is 0 Å². The number of ether oxygens (including phenoxy) is 1. The molecule has 0 radical (unpaired) electrons. The SMILES string of the molecule is CC(NC(=O)Cn1cc(Br)c(=O)[nH]c1=O)c1ccc(N2CCOCC2)cc1. The van der Waals surface area contributed by atoms with Crippen molar-refractivity contribution in [1.82, 2.24) is 14.9 Å². The number of aromatic amines is 1. The van der Waals surface area contributed by atoms with Gasteiger partial charge in [-0.25, -0.2) is 4.79 Å². The lowest BCUT2D eigenvalue weighted by Crippen LogP contribution is -2.37. The molecule has 8 nitrogen and oxygen atoms in total. The number of nitrogens with zero attached hydrogens (tertiary/aromatic N) is 2. The van der Waals surface area contributed by atoms with Crippen LogP contribution >= 0.6 is 15.9 Å². The lowest BCUT2D eigenvalue weighted by Gasteiger charge is -2.29. The first-order chi connectivity index (χ1) is 12.9. The molecule has 0 spiro atoms. The summed E-state index contributed by atoms with van der Waals surface area (Å²) in [6, 6.07) is 7.83. The van der Waals surface area contributed by atoms with Crippen molar-refractivity contribution < 1.29 is 9.53 Å². The standard InChI is InChI=1S/C18H21BrN4O4/c1-12(13-2-4-14(5-3-13)22-6-8-27-9-7-22)20-16(24)11-23-10-15(19)17(25)21-18(23)26/h2-5,10,12H,6-9,11H2,1H3,(H,20,24)(H,21,25,26). The molecule has 1 aliphatic heterocycles. The van der Waals surface area contributed by atoms with E-state index in [9.17, 15) is 14.4 Å². The van der Waals surface area contributed by atoms with Crippen LogP contribution in [-0.2, 0) is 16.1 Å². The molecule has 1 aromatic heterocycles. The van der Waals surface area contributed by atoms with Gasteiger partial charge in [0.25, 0.3) is 5.56 Å². The highest BCUT2D eigenvalue weighted by Gasteiger charge is 2.14. The Morgan fingerprint density at radius 3 is 2.59 bits per heavy atom. The van der Waals surface area contributed by atoms with Gasteiger partial charge in [-0.05, 0) is 40.5 Å². The van der Waals surface area contributed by atoms with Crippen LogP contribution in [0.25, 0.3) is 0 Å². The predicted octanol–water partition coefficient (Wildman–Crippen LogP) is 1.01. The Morgan fingerprint density at radius 2 is 1.93 bits per heavy atom. The Hall–Kier alpha value is -2.39. The molecule has 144 valence electrons. The van der Waals surface area contributed by atoms with Gasteiger partial charge in [-0.1, -0.05) is 12.1 Å². The zero-order valence-electron chi connectivity index (χ0n) is 14.9. The molecular formula is C18H21BrN4O4. The van der Waals surface area contributed by atoms with Gasteiger partial charge in [-0.3, -0.25) is 19.1 Å². The fourth-order valence-electron chi connectivity index (χ4n) is 2.92. The third kappa shape index (κ3) is 4.86. The van der Waals surface area contributed by atoms with Gasteiger partial charge >= 0.3 is 5.69 Å². The largest absolute Gasteiger partial charge is 0.378 e. The average Bonchev–Trinajstić information content (AvgIpc) is 2.67. The van der Waals surface area contributed by atoms with E-state index in [2.05, 4.69) is 31.1 Å². The van der Waals surface area contributed by atoms with Crippen LogP contribution in [0, 0.1) is 0 Å². The van der Waals surface area contributed by atoms with Crippen LogP contribution in [0.3, 0.4) is 0 Å². The maximum atomic E-state index is 12.3. The van der Waals surface area contributed by atoms with Crippen molar-refractivity contribution in [3.63, 3.8) is 0 Å². The highest BCUT2D eigenvalue weighted by Crippen LogP contribution is 2.20. The van der Waals surface area contributed by atoms with Gasteiger partial charge < -0.3 is 15.0 Å². The van der Waals surface area contributed by atoms with Gasteiger partial charge in [0.1, 0.15) is 6.54 Å². The number of hydrogen-bond donors (Lipinski definition) is 2. The highest BCUT2D eigenvalue weighted by atomic mass is 79.9. The van der Waals surface area contributed by atoms with Crippen LogP contribution in [0.4, 0.5) is 5.69 Å². The third-order valence-electron chi connectivity index (χ3n) is 4.43. The Balaban J connectivity index is 1.62. The minimum Gasteiger partial charge on any atom is -0.378 e. The summed E-state index contributed by atoms with van der Waals surface area (Å²) in [7, 11) is 0. The molecular weight excluding hydrogens is 416 g/mol. The van der Waals surface area contributed by atoms with Crippen molar-refractivity contribution in [3.05, 3.63) is 61.3 Å². The van der Waals surface area contributed by atoms with Crippen LogP contribution in [-0.4, -0.2) is 41.8 Å². The molecule has 1 fully saturated rings. The molecule has 9 heteroatoms. The topological polar surface area (TPSA) is 96.4 Å². The molecule has 1 unspecified atom stereocenters. The number of anilines is 1. The lowest BCUT2D eigenvalue weighted by molar-refractivity contribution is -0.122. The molecule has 1 saturated heterocycles. The van der Waals surface area contributed by atoms with E-state index < -0.39 is 11.2 Å². The van der Waals surface area contributed by atoms with E-state index >= 15 is 0 Å². The molecule has 0 saturated carbocycles. The van der Waals surface area contributed by atoms with Gasteiger partial charge in [0.05, 0.1) is 23.7 Å². The van der Waals surface area contributed by atoms with Gasteiger partial charge in [-0.2, -0.15) is 0 Å². The van der Waals surface area contributed by atoms with E-state index in [0.717, 1.165) is 42.1 Å². The number of benzene rings is 1. The highest BCUT2D eigenvalue weighted by molar-refractivity contribution is 9.10. The first-order valence-corrected chi connectivity index (χ1v) is 9.44. The maximum Gasteiger partial charge on any atom is 0.328 e. The van der Waals surface area contributed by atoms with E-state index in [-0.39, 0.29) is 23.0 Å². The summed E-state index contributed by atoms with van der Waals surface area (Å²) in [5.41, 5.74) is 0.951. The van der Waals surface area contributed by atoms with Crippen molar-refractivity contribution in [2.75, 3.05) is 31.2 Å². The number of aromatic nitrogens is 2. The third-order valence-corrected chi connectivity index (χ3v) is 4.99. The van der Waals surface area contributed by atoms with Gasteiger partial charge in [-0.15, -0.1) is 0 Å². The summed E-state index contributed by atoms with van der Waals surface area (Å²) in [5, 5.41) is 2.87. The molecule has 3 rings (SSSR count). The van der Waals surface area contributed by atoms with Gasteiger partial charge in [0, 0.05) is 25.0 Å². The van der Waals surface area contributed by atoms with Crippen LogP contribution in [0.5, 0.6) is 0 Å². The van der Waals surface area contributed by atoms with Gasteiger partial charge in [0.15, 0.2) is 0 Å². The number of H-pyrrole nitrogens is 1. The zero-order valence-corrected chi connectivity index (χ0v) is 16.5. The minimum absolute atomic E-state index is 0.176. The number of halogens is 1. The molecule has 0 bridgehead atoms. The second-order valence-electron chi connectivity index (χ2n) is 6.34. The summed E-state index contributed by atoms with van der Waals surface area (Å²) in [6.07, 6.45) is 1.31. The van der Waals surface area contributed by atoms with Crippen molar-refractivity contribution in [3.8, 4) is 0 Å². The van der Waals surface area contributed by atoms with Gasteiger partial charge in [0.2, 0.25) is 5.91 Å². The minimum atomic E-state index is -0.624. The van der Waals surface area contributed by atoms with Crippen LogP contribution in [0.2, 0.25) is 0 Å². The number of morpholine rings is 1. The quantitative estimate of drug-likeness (QED) is 0.728. The number of amides is 1. The summed E-state index contributed by atoms with van der Waals surface area (Å²) >= 11 is 3.05. The fourth-order valence-corrected chi connectivity index (χ4v) is 3.27. The Labute approximate surface area is 164 Å². The summed E-state index contributed by atoms with van der Waals surface area (Å²) in [6.45, 7) is 4.91. The van der Waals surface area contributed by atoms with Crippen molar-refractivity contribution in [1.29, 1.82) is 0 Å². The molecule has 2 N–H and O–H groups in total. The van der Waals surface area contributed by atoms with Crippen molar-refractivity contribution in [2.45, 2.75) is 19.5 Å². The first-order valence-electron chi connectivity index (χ1n) is 8.65. The zero-order chi connectivity index (χ0) is 19.4. The molecule has 2 heterocycles. The van der Waals surface area contributed by atoms with E-state index in [1.807, 2.05) is 31.2 Å². The monoisotopic (exact) mass is 436 g/mol. The smallest absolute Gasteiger partial charge is 0.328 e. The lowest BCUT2D eigenvalue weighted by atomic mass is 10.1. The summed E-state index contributed by atoms with van der Waals surface area (Å²) in [4.78, 5) is 39.8. The molecule has 1 aliphatic rings. The van der Waals surface area contributed by atoms with Crippen LogP contribution in [0.15, 0.2) is 44.5 Å². The predicted molar refractivity (Wildman–Crippen MR) is 105 cm³/mol. The maximum absolute atomic E-state index is 12.3. The van der Waals surface area contributed by atoms with Crippen LogP contribution in [0.1, 0.15) is 18.5 Å². The molecule has 1 atom stereocenters. The number of rotatable bonds is 5. The first kappa shape index (κ1) is 19.4. The molecule has 27 heavy (non-hydrogen) atoms. The number of hydrogen-bond acceptors (Lipinski definition) is 5. The Kier molecular flexibility index (Phi) is 6.12. The summed E-state index contributed by atoms with van der Waals surface area (Å²) in [5.74, 6) is -0.319. The molecule has 2 aromatic rings. The number of carbonyl (C=O) groups excluding carboxylic acids is 1. The second kappa shape index (κ2) is 8.53. The molecule has 0 aliphatic carbocycles. The summed E-state index contributed by atoms with van der Waals surface area (Å²) < 4.78 is 6.71. The van der Waals surface area contributed by atoms with Crippen molar-refractivity contribution >= 4 is 27.5 Å². The molecule has 1 amide bonds. The normalized spacial score (nSPS) is 15.4. The number of nitrogens with one attached hydrogen (secondary N) is 2. The van der Waals surface area contributed by atoms with Crippen LogP contribution < -0.4 is 21.5 Å². The Bertz CT molecular complexity index is 916. The Morgan fingerprint density at radius 1 is 1.26 bits per heavy atom. The van der Waals surface area contributed by atoms with E-state index in [0.29, 0.717) is 0 Å².